The molecule has 90 valence electrons. The Balaban J connectivity index is 2.71. The van der Waals surface area contributed by atoms with Crippen molar-refractivity contribution in [3.05, 3.63) is 29.3 Å². The molecule has 0 aliphatic rings. The molecule has 0 fully saturated rings. The second-order valence-electron chi connectivity index (χ2n) is 3.25. The van der Waals surface area contributed by atoms with Crippen LogP contribution < -0.4 is 10.6 Å². The van der Waals surface area contributed by atoms with Crippen LogP contribution in [0.3, 0.4) is 0 Å². The molecule has 0 unspecified atom stereocenters. The molecule has 0 bridgehead atoms. The molecule has 1 amide bonds. The van der Waals surface area contributed by atoms with E-state index in [0.717, 1.165) is 0 Å². The van der Waals surface area contributed by atoms with Crippen molar-refractivity contribution in [2.45, 2.75) is 6.42 Å². The van der Waals surface area contributed by atoms with Gasteiger partial charge in [0, 0.05) is 20.0 Å². The van der Waals surface area contributed by atoms with E-state index in [4.69, 9.17) is 5.26 Å². The highest BCUT2D eigenvalue weighted by Crippen LogP contribution is 2.19. The summed E-state index contributed by atoms with van der Waals surface area (Å²) in [6.07, 6.45) is 0.150. The summed E-state index contributed by atoms with van der Waals surface area (Å²) < 4.78 is 26.6. The fraction of sp³-hybridized carbons (Fsp3) is 0.273. The molecule has 0 spiro atoms. The van der Waals surface area contributed by atoms with Crippen LogP contribution in [0.15, 0.2) is 12.1 Å². The summed E-state index contributed by atoms with van der Waals surface area (Å²) in [4.78, 5) is 10.9. The first-order valence-corrected chi connectivity index (χ1v) is 4.92. The number of rotatable bonds is 4. The fourth-order valence-electron chi connectivity index (χ4n) is 1.21. The molecule has 2 N–H and O–H groups in total. The van der Waals surface area contributed by atoms with E-state index in [1.54, 1.807) is 0 Å². The monoisotopic (exact) mass is 239 g/mol. The largest absolute Gasteiger partial charge is 0.382 e. The zero-order chi connectivity index (χ0) is 12.8. The Morgan fingerprint density at radius 1 is 1.41 bits per heavy atom. The van der Waals surface area contributed by atoms with Crippen molar-refractivity contribution in [2.75, 3.05) is 18.9 Å². The number of halogens is 2. The molecule has 0 heterocycles. The Labute approximate surface area is 97.2 Å². The van der Waals surface area contributed by atoms with Gasteiger partial charge < -0.3 is 10.6 Å². The third kappa shape index (κ3) is 3.14. The summed E-state index contributed by atoms with van der Waals surface area (Å²) in [5, 5.41) is 13.5. The van der Waals surface area contributed by atoms with Crippen LogP contribution in [-0.2, 0) is 4.79 Å². The molecular weight excluding hydrogens is 228 g/mol. The maximum Gasteiger partial charge on any atom is 0.221 e. The van der Waals surface area contributed by atoms with Gasteiger partial charge in [0.05, 0.1) is 11.3 Å². The Morgan fingerprint density at radius 3 is 2.71 bits per heavy atom. The van der Waals surface area contributed by atoms with Gasteiger partial charge in [-0.25, -0.2) is 8.78 Å². The van der Waals surface area contributed by atoms with Crippen LogP contribution in [0.4, 0.5) is 14.5 Å². The number of carbonyl (C=O) groups is 1. The Kier molecular flexibility index (Phi) is 4.40. The van der Waals surface area contributed by atoms with Crippen LogP contribution in [0.5, 0.6) is 0 Å². The van der Waals surface area contributed by atoms with Crippen molar-refractivity contribution in [3.8, 4) is 6.07 Å². The molecule has 1 aromatic rings. The second kappa shape index (κ2) is 5.80. The number of benzene rings is 1. The van der Waals surface area contributed by atoms with Crippen LogP contribution >= 0.6 is 0 Å². The predicted molar refractivity (Wildman–Crippen MR) is 58.2 cm³/mol. The number of nitrogens with one attached hydrogen (secondary N) is 2. The number of carbonyl (C=O) groups excluding carboxylic acids is 1. The van der Waals surface area contributed by atoms with Gasteiger partial charge in [-0.15, -0.1) is 0 Å². The van der Waals surface area contributed by atoms with Crippen molar-refractivity contribution in [2.24, 2.45) is 0 Å². The van der Waals surface area contributed by atoms with Gasteiger partial charge in [-0.3, -0.25) is 4.79 Å². The molecule has 1 rings (SSSR count). The van der Waals surface area contributed by atoms with E-state index in [1.165, 1.54) is 25.2 Å². The minimum absolute atomic E-state index is 0.0644. The van der Waals surface area contributed by atoms with Gasteiger partial charge in [0.2, 0.25) is 5.91 Å². The lowest BCUT2D eigenvalue weighted by Gasteiger charge is -2.07. The van der Waals surface area contributed by atoms with E-state index >= 15 is 0 Å². The average molecular weight is 239 g/mol. The number of hydrogen-bond donors (Lipinski definition) is 2. The third-order valence-corrected chi connectivity index (χ3v) is 2.15. The molecule has 0 saturated carbocycles. The molecule has 17 heavy (non-hydrogen) atoms. The van der Waals surface area contributed by atoms with Gasteiger partial charge in [-0.05, 0) is 12.1 Å². The first-order chi connectivity index (χ1) is 8.10. The number of amides is 1. The first-order valence-electron chi connectivity index (χ1n) is 4.92. The SMILES string of the molecule is CNC(=O)CCNc1ccc(C#N)c(F)c1F. The lowest BCUT2D eigenvalue weighted by Crippen LogP contribution is -2.21. The lowest BCUT2D eigenvalue weighted by molar-refractivity contribution is -0.120. The van der Waals surface area contributed by atoms with Crippen molar-refractivity contribution in [3.63, 3.8) is 0 Å². The number of anilines is 1. The quantitative estimate of drug-likeness (QED) is 0.834. The normalized spacial score (nSPS) is 9.53. The highest BCUT2D eigenvalue weighted by molar-refractivity contribution is 5.76. The van der Waals surface area contributed by atoms with E-state index in [0.29, 0.717) is 0 Å². The summed E-state index contributed by atoms with van der Waals surface area (Å²) >= 11 is 0. The van der Waals surface area contributed by atoms with E-state index in [9.17, 15) is 13.6 Å². The number of nitriles is 1. The summed E-state index contributed by atoms with van der Waals surface area (Å²) in [5.41, 5.74) is -0.412. The first kappa shape index (κ1) is 12.9. The molecule has 0 aromatic heterocycles. The van der Waals surface area contributed by atoms with Crippen molar-refractivity contribution in [1.29, 1.82) is 5.26 Å². The third-order valence-electron chi connectivity index (χ3n) is 2.15. The highest BCUT2D eigenvalue weighted by Gasteiger charge is 2.12. The zero-order valence-electron chi connectivity index (χ0n) is 9.18. The van der Waals surface area contributed by atoms with E-state index in [-0.39, 0.29) is 30.1 Å². The second-order valence-corrected chi connectivity index (χ2v) is 3.25. The van der Waals surface area contributed by atoms with Gasteiger partial charge in [0.1, 0.15) is 6.07 Å². The maximum atomic E-state index is 13.4. The Morgan fingerprint density at radius 2 is 2.12 bits per heavy atom. The predicted octanol–water partition coefficient (Wildman–Crippen LogP) is 1.38. The molecular formula is C11H11F2N3O. The van der Waals surface area contributed by atoms with E-state index in [1.807, 2.05) is 0 Å². The van der Waals surface area contributed by atoms with Crippen LogP contribution in [0.25, 0.3) is 0 Å². The zero-order valence-corrected chi connectivity index (χ0v) is 9.18. The van der Waals surface area contributed by atoms with Gasteiger partial charge in [-0.1, -0.05) is 0 Å². The van der Waals surface area contributed by atoms with Gasteiger partial charge >= 0.3 is 0 Å². The van der Waals surface area contributed by atoms with Gasteiger partial charge in [-0.2, -0.15) is 5.26 Å². The summed E-state index contributed by atoms with van der Waals surface area (Å²) in [5.74, 6) is -2.49. The minimum Gasteiger partial charge on any atom is -0.382 e. The van der Waals surface area contributed by atoms with Crippen LogP contribution in [0.2, 0.25) is 0 Å². The fourth-order valence-corrected chi connectivity index (χ4v) is 1.21. The molecule has 6 heteroatoms. The molecule has 4 nitrogen and oxygen atoms in total. The minimum atomic E-state index is -1.18. The number of nitrogens with zero attached hydrogens (tertiary/aromatic N) is 1. The summed E-state index contributed by atoms with van der Waals surface area (Å²) in [6, 6.07) is 3.99. The standard InChI is InChI=1S/C11H11F2N3O/c1-15-9(17)4-5-16-8-3-2-7(6-14)10(12)11(8)13/h2-3,16H,4-5H2,1H3,(H,15,17). The summed E-state index contributed by atoms with van der Waals surface area (Å²) in [7, 11) is 1.49. The van der Waals surface area contributed by atoms with Crippen LogP contribution in [0.1, 0.15) is 12.0 Å². The van der Waals surface area contributed by atoms with Gasteiger partial charge in [0.25, 0.3) is 0 Å². The van der Waals surface area contributed by atoms with E-state index < -0.39 is 11.6 Å². The topological polar surface area (TPSA) is 64.9 Å². The van der Waals surface area contributed by atoms with Crippen LogP contribution in [-0.4, -0.2) is 19.5 Å². The maximum absolute atomic E-state index is 13.4. The molecule has 0 aliphatic heterocycles. The Hall–Kier alpha value is -2.16. The van der Waals surface area contributed by atoms with E-state index in [2.05, 4.69) is 10.6 Å². The van der Waals surface area contributed by atoms with Gasteiger partial charge in [0.15, 0.2) is 11.6 Å². The van der Waals surface area contributed by atoms with Crippen molar-refractivity contribution >= 4 is 11.6 Å². The van der Waals surface area contributed by atoms with Crippen LogP contribution in [0, 0.1) is 23.0 Å². The average Bonchev–Trinajstić information content (AvgIpc) is 2.34. The number of hydrogen-bond acceptors (Lipinski definition) is 3. The lowest BCUT2D eigenvalue weighted by atomic mass is 10.2. The van der Waals surface area contributed by atoms with Crippen molar-refractivity contribution < 1.29 is 13.6 Å². The molecule has 1 aromatic carbocycles. The Bertz CT molecular complexity index is 469. The molecule has 0 radical (unpaired) electrons. The smallest absolute Gasteiger partial charge is 0.221 e. The molecule has 0 aliphatic carbocycles. The summed E-state index contributed by atoms with van der Waals surface area (Å²) in [6.45, 7) is 0.182. The molecule has 0 saturated heterocycles. The highest BCUT2D eigenvalue weighted by atomic mass is 19.2. The molecule has 0 atom stereocenters. The van der Waals surface area contributed by atoms with Crippen molar-refractivity contribution in [1.82, 2.24) is 5.32 Å².